The van der Waals surface area contributed by atoms with Gasteiger partial charge in [-0.05, 0) is 43.8 Å². The molecule has 0 saturated carbocycles. The van der Waals surface area contributed by atoms with E-state index >= 15 is 0 Å². The number of hydrogen-bond acceptors (Lipinski definition) is 5. The first-order valence-corrected chi connectivity index (χ1v) is 9.51. The van der Waals surface area contributed by atoms with E-state index in [-0.39, 0.29) is 0 Å². The molecule has 1 spiro atoms. The second-order valence-electron chi connectivity index (χ2n) is 7.91. The minimum absolute atomic E-state index is 0.362. The molecule has 0 radical (unpaired) electrons. The number of pyridine rings is 2. The van der Waals surface area contributed by atoms with Crippen molar-refractivity contribution in [1.29, 1.82) is 0 Å². The van der Waals surface area contributed by atoms with Crippen LogP contribution in [0.2, 0.25) is 0 Å². The second-order valence-corrected chi connectivity index (χ2v) is 7.91. The quantitative estimate of drug-likeness (QED) is 0.799. The Hall–Kier alpha value is -1.82. The molecule has 138 valence electrons. The van der Waals surface area contributed by atoms with Crippen molar-refractivity contribution in [2.75, 3.05) is 39.8 Å². The van der Waals surface area contributed by atoms with Gasteiger partial charge in [0.2, 0.25) is 0 Å². The van der Waals surface area contributed by atoms with Crippen LogP contribution in [0.3, 0.4) is 0 Å². The summed E-state index contributed by atoms with van der Waals surface area (Å²) in [5, 5.41) is 0. The van der Waals surface area contributed by atoms with Crippen LogP contribution in [-0.2, 0) is 17.9 Å². The first-order valence-electron chi connectivity index (χ1n) is 9.51. The molecule has 5 nitrogen and oxygen atoms in total. The van der Waals surface area contributed by atoms with Crippen molar-refractivity contribution in [1.82, 2.24) is 19.8 Å². The van der Waals surface area contributed by atoms with Crippen LogP contribution in [0, 0.1) is 11.3 Å². The Balaban J connectivity index is 1.35. The van der Waals surface area contributed by atoms with Crippen LogP contribution in [0.15, 0.2) is 48.9 Å². The number of hydrogen-bond donors (Lipinski definition) is 0. The van der Waals surface area contributed by atoms with Crippen molar-refractivity contribution in [2.24, 2.45) is 11.3 Å². The van der Waals surface area contributed by atoms with E-state index in [0.29, 0.717) is 17.9 Å². The summed E-state index contributed by atoms with van der Waals surface area (Å²) in [4.78, 5) is 13.7. The van der Waals surface area contributed by atoms with Gasteiger partial charge in [-0.25, -0.2) is 0 Å². The van der Waals surface area contributed by atoms with Gasteiger partial charge in [-0.3, -0.25) is 14.9 Å². The molecule has 0 aromatic carbocycles. The molecule has 2 atom stereocenters. The van der Waals surface area contributed by atoms with Gasteiger partial charge in [0, 0.05) is 56.1 Å². The van der Waals surface area contributed by atoms with E-state index in [1.54, 1.807) is 0 Å². The standard InChI is InChI=1S/C21H28N4O/c1-24-13-19(14-26-15-20-6-2-3-9-23-20)21(16-24)7-10-25(17-21)12-18-5-4-8-22-11-18/h2-6,8-9,11,19H,7,10,12-17H2,1H3/t19-,21+/m1/s1. The molecule has 4 heterocycles. The SMILES string of the molecule is CN1C[C@H](COCc2ccccn2)[C@@]2(CCN(Cc3cccnc3)C2)C1. The third kappa shape index (κ3) is 3.95. The first-order chi connectivity index (χ1) is 12.7. The van der Waals surface area contributed by atoms with Gasteiger partial charge in [0.1, 0.15) is 0 Å². The fraction of sp³-hybridized carbons (Fsp3) is 0.524. The van der Waals surface area contributed by atoms with Gasteiger partial charge in [0.05, 0.1) is 18.9 Å². The Morgan fingerprint density at radius 1 is 1.19 bits per heavy atom. The highest BCUT2D eigenvalue weighted by atomic mass is 16.5. The van der Waals surface area contributed by atoms with Crippen molar-refractivity contribution < 1.29 is 4.74 Å². The summed E-state index contributed by atoms with van der Waals surface area (Å²) in [6.45, 7) is 7.05. The van der Waals surface area contributed by atoms with Crippen LogP contribution in [0.5, 0.6) is 0 Å². The molecule has 26 heavy (non-hydrogen) atoms. The molecule has 2 fully saturated rings. The van der Waals surface area contributed by atoms with Crippen LogP contribution < -0.4 is 0 Å². The van der Waals surface area contributed by atoms with Gasteiger partial charge in [-0.15, -0.1) is 0 Å². The minimum Gasteiger partial charge on any atom is -0.375 e. The van der Waals surface area contributed by atoms with Gasteiger partial charge in [-0.1, -0.05) is 12.1 Å². The number of rotatable bonds is 6. The lowest BCUT2D eigenvalue weighted by Crippen LogP contribution is -2.36. The summed E-state index contributed by atoms with van der Waals surface area (Å²) in [7, 11) is 2.24. The van der Waals surface area contributed by atoms with Gasteiger partial charge in [-0.2, -0.15) is 0 Å². The van der Waals surface area contributed by atoms with E-state index in [4.69, 9.17) is 4.74 Å². The Morgan fingerprint density at radius 2 is 2.15 bits per heavy atom. The minimum atomic E-state index is 0.362. The number of aromatic nitrogens is 2. The summed E-state index contributed by atoms with van der Waals surface area (Å²) in [5.74, 6) is 0.593. The number of ether oxygens (including phenoxy) is 1. The summed E-state index contributed by atoms with van der Waals surface area (Å²) in [6.07, 6.45) is 6.92. The molecule has 0 bridgehead atoms. The van der Waals surface area contributed by atoms with Crippen LogP contribution in [0.4, 0.5) is 0 Å². The largest absolute Gasteiger partial charge is 0.375 e. The molecular formula is C21H28N4O. The van der Waals surface area contributed by atoms with Crippen molar-refractivity contribution in [3.8, 4) is 0 Å². The van der Waals surface area contributed by atoms with Gasteiger partial charge in [0.15, 0.2) is 0 Å². The maximum atomic E-state index is 6.07. The zero-order valence-corrected chi connectivity index (χ0v) is 15.6. The summed E-state index contributed by atoms with van der Waals surface area (Å²) >= 11 is 0. The second kappa shape index (κ2) is 7.82. The number of likely N-dealkylation sites (tertiary alicyclic amines) is 2. The molecule has 2 aliphatic heterocycles. The Morgan fingerprint density at radius 3 is 2.96 bits per heavy atom. The highest BCUT2D eigenvalue weighted by Gasteiger charge is 2.49. The van der Waals surface area contributed by atoms with Gasteiger partial charge in [0.25, 0.3) is 0 Å². The summed E-state index contributed by atoms with van der Waals surface area (Å²) < 4.78 is 6.07. The fourth-order valence-electron chi connectivity index (χ4n) is 4.65. The molecule has 0 amide bonds. The predicted octanol–water partition coefficient (Wildman–Crippen LogP) is 2.45. The topological polar surface area (TPSA) is 41.5 Å². The van der Waals surface area contributed by atoms with E-state index in [0.717, 1.165) is 31.9 Å². The Labute approximate surface area is 156 Å². The summed E-state index contributed by atoms with van der Waals surface area (Å²) in [6, 6.07) is 10.2. The average molecular weight is 352 g/mol. The van der Waals surface area contributed by atoms with E-state index in [1.165, 1.54) is 25.1 Å². The molecule has 5 heteroatoms. The maximum Gasteiger partial charge on any atom is 0.0887 e. The van der Waals surface area contributed by atoms with E-state index in [1.807, 2.05) is 42.9 Å². The Bertz CT molecular complexity index is 696. The van der Waals surface area contributed by atoms with E-state index in [2.05, 4.69) is 32.9 Å². The van der Waals surface area contributed by atoms with Gasteiger partial charge < -0.3 is 9.64 Å². The summed E-state index contributed by atoms with van der Waals surface area (Å²) in [5.41, 5.74) is 2.68. The molecule has 0 unspecified atom stereocenters. The van der Waals surface area contributed by atoms with Crippen LogP contribution in [0.25, 0.3) is 0 Å². The van der Waals surface area contributed by atoms with Crippen molar-refractivity contribution in [3.05, 3.63) is 60.2 Å². The van der Waals surface area contributed by atoms with Crippen LogP contribution >= 0.6 is 0 Å². The molecule has 2 aromatic heterocycles. The molecule has 2 aromatic rings. The lowest BCUT2D eigenvalue weighted by Gasteiger charge is -2.30. The third-order valence-corrected chi connectivity index (χ3v) is 5.87. The fourth-order valence-corrected chi connectivity index (χ4v) is 4.65. The smallest absolute Gasteiger partial charge is 0.0887 e. The van der Waals surface area contributed by atoms with Crippen molar-refractivity contribution in [2.45, 2.75) is 19.6 Å². The molecular weight excluding hydrogens is 324 g/mol. The molecule has 4 rings (SSSR count). The molecule has 2 saturated heterocycles. The maximum absolute atomic E-state index is 6.07. The Kier molecular flexibility index (Phi) is 5.29. The number of nitrogens with zero attached hydrogens (tertiary/aromatic N) is 4. The highest BCUT2D eigenvalue weighted by molar-refractivity contribution is 5.10. The van der Waals surface area contributed by atoms with E-state index in [9.17, 15) is 0 Å². The average Bonchev–Trinajstić information content (AvgIpc) is 3.20. The van der Waals surface area contributed by atoms with Crippen LogP contribution in [-0.4, -0.2) is 59.6 Å². The first kappa shape index (κ1) is 17.6. The molecule has 0 aliphatic carbocycles. The predicted molar refractivity (Wildman–Crippen MR) is 101 cm³/mol. The monoisotopic (exact) mass is 352 g/mol. The van der Waals surface area contributed by atoms with E-state index < -0.39 is 0 Å². The zero-order valence-electron chi connectivity index (χ0n) is 15.6. The molecule has 2 aliphatic rings. The highest BCUT2D eigenvalue weighted by Crippen LogP contribution is 2.43. The van der Waals surface area contributed by atoms with Crippen molar-refractivity contribution in [3.63, 3.8) is 0 Å². The zero-order chi connectivity index (χ0) is 17.8. The van der Waals surface area contributed by atoms with Crippen molar-refractivity contribution >= 4 is 0 Å². The van der Waals surface area contributed by atoms with Crippen LogP contribution in [0.1, 0.15) is 17.7 Å². The lowest BCUT2D eigenvalue weighted by molar-refractivity contribution is 0.0501. The molecule has 0 N–H and O–H groups in total. The van der Waals surface area contributed by atoms with Gasteiger partial charge >= 0.3 is 0 Å². The lowest BCUT2D eigenvalue weighted by atomic mass is 9.77. The normalized spacial score (nSPS) is 26.7. The third-order valence-electron chi connectivity index (χ3n) is 5.87.